The molecule has 2 aromatic heterocycles. The minimum atomic E-state index is -1.05. The van der Waals surface area contributed by atoms with Crippen LogP contribution in [0.1, 0.15) is 51.2 Å². The zero-order valence-corrected chi connectivity index (χ0v) is 17.8. The molecule has 0 saturated heterocycles. The van der Waals surface area contributed by atoms with Crippen LogP contribution in [0.5, 0.6) is 0 Å². The molecule has 4 aromatic rings. The molecule has 2 N–H and O–H groups in total. The Kier molecular flexibility index (Phi) is 5.49. The fourth-order valence-electron chi connectivity index (χ4n) is 3.63. The summed E-state index contributed by atoms with van der Waals surface area (Å²) in [5, 5.41) is 20.0. The van der Waals surface area contributed by atoms with Crippen molar-refractivity contribution >= 4 is 56.0 Å². The van der Waals surface area contributed by atoms with Gasteiger partial charge in [-0.1, -0.05) is 43.1 Å². The van der Waals surface area contributed by atoms with E-state index >= 15 is 0 Å². The Balaban J connectivity index is 1.84. The molecule has 30 heavy (non-hydrogen) atoms. The van der Waals surface area contributed by atoms with E-state index in [1.54, 1.807) is 12.1 Å². The predicted octanol–water partition coefficient (Wildman–Crippen LogP) is 5.69. The zero-order valence-electron chi connectivity index (χ0n) is 16.2. The summed E-state index contributed by atoms with van der Waals surface area (Å²) in [5.41, 5.74) is 2.41. The van der Waals surface area contributed by atoms with Crippen molar-refractivity contribution in [3.8, 4) is 0 Å². The van der Waals surface area contributed by atoms with E-state index < -0.39 is 11.9 Å². The van der Waals surface area contributed by atoms with Gasteiger partial charge >= 0.3 is 11.9 Å². The summed E-state index contributed by atoms with van der Waals surface area (Å²) < 4.78 is 2.75. The van der Waals surface area contributed by atoms with Crippen LogP contribution in [0.15, 0.2) is 36.4 Å². The van der Waals surface area contributed by atoms with Crippen molar-refractivity contribution in [3.63, 3.8) is 0 Å². The number of aromatic nitrogens is 2. The molecule has 0 bridgehead atoms. The van der Waals surface area contributed by atoms with Gasteiger partial charge in [0.2, 0.25) is 0 Å². The Labute approximate surface area is 181 Å². The number of benzene rings is 2. The summed E-state index contributed by atoms with van der Waals surface area (Å²) in [6, 6.07) is 10.8. The molecular formula is C22H19ClN2O4S. The van der Waals surface area contributed by atoms with Crippen molar-refractivity contribution in [2.45, 2.75) is 32.7 Å². The highest BCUT2D eigenvalue weighted by Gasteiger charge is 2.19. The number of nitrogens with zero attached hydrogens (tertiary/aromatic N) is 2. The van der Waals surface area contributed by atoms with E-state index in [0.29, 0.717) is 23.0 Å². The molecule has 2 aromatic carbocycles. The zero-order chi connectivity index (χ0) is 21.4. The molecule has 0 atom stereocenters. The van der Waals surface area contributed by atoms with Gasteiger partial charge in [0.1, 0.15) is 10.7 Å². The Morgan fingerprint density at radius 2 is 1.97 bits per heavy atom. The quantitative estimate of drug-likeness (QED) is 0.383. The van der Waals surface area contributed by atoms with E-state index in [2.05, 4.69) is 6.92 Å². The van der Waals surface area contributed by atoms with Crippen LogP contribution < -0.4 is 0 Å². The summed E-state index contributed by atoms with van der Waals surface area (Å²) in [7, 11) is 0. The van der Waals surface area contributed by atoms with Crippen molar-refractivity contribution < 1.29 is 19.8 Å². The number of fused-ring (bicyclic) bond motifs is 2. The van der Waals surface area contributed by atoms with Gasteiger partial charge in [0.15, 0.2) is 0 Å². The number of aromatic carboxylic acids is 2. The first-order chi connectivity index (χ1) is 14.4. The van der Waals surface area contributed by atoms with Crippen LogP contribution in [0, 0.1) is 0 Å². The number of carboxylic acids is 2. The molecule has 8 heteroatoms. The van der Waals surface area contributed by atoms with Crippen molar-refractivity contribution in [3.05, 3.63) is 63.2 Å². The van der Waals surface area contributed by atoms with Crippen LogP contribution in [0.4, 0.5) is 0 Å². The highest BCUT2D eigenvalue weighted by atomic mass is 35.5. The van der Waals surface area contributed by atoms with E-state index in [1.807, 2.05) is 28.8 Å². The van der Waals surface area contributed by atoms with Gasteiger partial charge in [-0.3, -0.25) is 0 Å². The topological polar surface area (TPSA) is 92.4 Å². The average molecular weight is 443 g/mol. The van der Waals surface area contributed by atoms with Gasteiger partial charge < -0.3 is 14.8 Å². The number of hydrogen-bond donors (Lipinski definition) is 2. The lowest BCUT2D eigenvalue weighted by molar-refractivity contribution is 0.0689. The first-order valence-electron chi connectivity index (χ1n) is 9.56. The lowest BCUT2D eigenvalue weighted by Crippen LogP contribution is -2.08. The minimum Gasteiger partial charge on any atom is -0.478 e. The van der Waals surface area contributed by atoms with Gasteiger partial charge in [-0.05, 0) is 30.2 Å². The van der Waals surface area contributed by atoms with E-state index in [1.165, 1.54) is 0 Å². The number of halogens is 1. The van der Waals surface area contributed by atoms with E-state index in [0.717, 1.165) is 46.7 Å². The molecule has 2 heterocycles. The summed E-state index contributed by atoms with van der Waals surface area (Å²) in [6.07, 6.45) is 2.71. The number of rotatable bonds is 7. The standard InChI is InChI=1S/C22H19ClN2O4S/c1-2-3-7-17-24-15-6-4-5-14(21(26)27)19(15)25(17)11-12-8-9-13-16(10-12)30-20(18(13)23)22(28)29/h4-6,8-10H,2-3,7,11H2,1H3,(H,26,27)(H,28,29). The van der Waals surface area contributed by atoms with Crippen molar-refractivity contribution in [2.75, 3.05) is 0 Å². The van der Waals surface area contributed by atoms with Gasteiger partial charge in [-0.25, -0.2) is 14.6 Å². The molecule has 0 aliphatic rings. The van der Waals surface area contributed by atoms with Crippen molar-refractivity contribution in [1.82, 2.24) is 9.55 Å². The van der Waals surface area contributed by atoms with Gasteiger partial charge in [-0.15, -0.1) is 11.3 Å². The smallest absolute Gasteiger partial charge is 0.347 e. The molecule has 4 rings (SSSR count). The SMILES string of the molecule is CCCCc1nc2cccc(C(=O)O)c2n1Cc1ccc2c(Cl)c(C(=O)O)sc2c1. The van der Waals surface area contributed by atoms with Crippen LogP contribution in [0.2, 0.25) is 5.02 Å². The predicted molar refractivity (Wildman–Crippen MR) is 118 cm³/mol. The van der Waals surface area contributed by atoms with Gasteiger partial charge in [0.05, 0.1) is 21.6 Å². The van der Waals surface area contributed by atoms with E-state index in [9.17, 15) is 19.8 Å². The molecule has 0 saturated carbocycles. The molecule has 6 nitrogen and oxygen atoms in total. The number of carbonyl (C=O) groups is 2. The second-order valence-corrected chi connectivity index (χ2v) is 8.51. The van der Waals surface area contributed by atoms with Gasteiger partial charge in [0.25, 0.3) is 0 Å². The minimum absolute atomic E-state index is 0.119. The third kappa shape index (κ3) is 3.55. The number of unbranched alkanes of at least 4 members (excludes halogenated alkanes) is 1. The number of carboxylic acid groups (broad SMARTS) is 2. The lowest BCUT2D eigenvalue weighted by Gasteiger charge is -2.11. The first-order valence-corrected chi connectivity index (χ1v) is 10.8. The summed E-state index contributed by atoms with van der Waals surface area (Å²) in [4.78, 5) is 28.0. The highest BCUT2D eigenvalue weighted by molar-refractivity contribution is 7.21. The number of aryl methyl sites for hydroxylation is 1. The molecule has 0 amide bonds. The third-order valence-corrected chi connectivity index (χ3v) is 6.70. The van der Waals surface area contributed by atoms with Crippen LogP contribution >= 0.6 is 22.9 Å². The summed E-state index contributed by atoms with van der Waals surface area (Å²) in [5.74, 6) is -1.19. The molecule has 154 valence electrons. The van der Waals surface area contributed by atoms with E-state index in [4.69, 9.17) is 16.6 Å². The third-order valence-electron chi connectivity index (χ3n) is 5.06. The number of imidazole rings is 1. The number of hydrogen-bond acceptors (Lipinski definition) is 4. The van der Waals surface area contributed by atoms with Crippen LogP contribution in [-0.4, -0.2) is 31.7 Å². The molecule has 0 radical (unpaired) electrons. The molecule has 0 fully saturated rings. The molecule has 0 unspecified atom stereocenters. The highest BCUT2D eigenvalue weighted by Crippen LogP contribution is 2.36. The fraction of sp³-hybridized carbons (Fsp3) is 0.227. The molecular weight excluding hydrogens is 424 g/mol. The number of thiophene rings is 1. The van der Waals surface area contributed by atoms with Crippen molar-refractivity contribution in [2.24, 2.45) is 0 Å². The largest absolute Gasteiger partial charge is 0.478 e. The molecule has 0 spiro atoms. The Morgan fingerprint density at radius 3 is 2.67 bits per heavy atom. The Morgan fingerprint density at radius 1 is 1.17 bits per heavy atom. The second kappa shape index (κ2) is 8.08. The first kappa shape index (κ1) is 20.4. The summed E-state index contributed by atoms with van der Waals surface area (Å²) in [6.45, 7) is 2.54. The Hall–Kier alpha value is -2.90. The average Bonchev–Trinajstić information content (AvgIpc) is 3.24. The summed E-state index contributed by atoms with van der Waals surface area (Å²) >= 11 is 7.35. The lowest BCUT2D eigenvalue weighted by atomic mass is 10.1. The fourth-order valence-corrected chi connectivity index (χ4v) is 5.04. The maximum Gasteiger partial charge on any atom is 0.347 e. The normalized spacial score (nSPS) is 11.4. The maximum atomic E-state index is 11.8. The van der Waals surface area contributed by atoms with Crippen LogP contribution in [-0.2, 0) is 13.0 Å². The number of para-hydroxylation sites is 1. The molecule has 0 aliphatic carbocycles. The second-order valence-electron chi connectivity index (χ2n) is 7.08. The molecule has 0 aliphatic heterocycles. The maximum absolute atomic E-state index is 11.8. The van der Waals surface area contributed by atoms with Gasteiger partial charge in [-0.2, -0.15) is 0 Å². The van der Waals surface area contributed by atoms with Crippen LogP contribution in [0.25, 0.3) is 21.1 Å². The van der Waals surface area contributed by atoms with Gasteiger partial charge in [0, 0.05) is 23.1 Å². The Bertz CT molecular complexity index is 1290. The van der Waals surface area contributed by atoms with E-state index in [-0.39, 0.29) is 15.5 Å². The van der Waals surface area contributed by atoms with Crippen LogP contribution in [0.3, 0.4) is 0 Å². The van der Waals surface area contributed by atoms with Crippen molar-refractivity contribution in [1.29, 1.82) is 0 Å². The monoisotopic (exact) mass is 442 g/mol.